The van der Waals surface area contributed by atoms with E-state index < -0.39 is 4.92 Å². The summed E-state index contributed by atoms with van der Waals surface area (Å²) in [4.78, 5) is 22.9. The minimum atomic E-state index is -0.500. The maximum absolute atomic E-state index is 12.1. The van der Waals surface area contributed by atoms with E-state index in [0.29, 0.717) is 16.4 Å². The van der Waals surface area contributed by atoms with Crippen molar-refractivity contribution in [3.8, 4) is 16.3 Å². The molecule has 0 saturated heterocycles. The standard InChI is InChI=1S/C17H12N6O4S/c24-15(9-27-14-6-4-13(5-7-14)23(25)26)19-12-3-1-2-11(8-12)16-21-22-10-18-20-17(22)28-16/h1-8,10H,9H2,(H,19,24). The van der Waals surface area contributed by atoms with Crippen LogP contribution >= 0.6 is 11.3 Å². The second-order valence-electron chi connectivity index (χ2n) is 5.63. The van der Waals surface area contributed by atoms with Crippen LogP contribution in [0.25, 0.3) is 15.5 Å². The number of non-ortho nitro benzene ring substituents is 1. The highest BCUT2D eigenvalue weighted by Gasteiger charge is 2.10. The van der Waals surface area contributed by atoms with Gasteiger partial charge in [0.05, 0.1) is 4.92 Å². The zero-order chi connectivity index (χ0) is 19.5. The summed E-state index contributed by atoms with van der Waals surface area (Å²) in [6.07, 6.45) is 1.52. The van der Waals surface area contributed by atoms with Crippen molar-refractivity contribution in [2.75, 3.05) is 11.9 Å². The molecule has 4 aromatic rings. The molecule has 28 heavy (non-hydrogen) atoms. The molecule has 1 N–H and O–H groups in total. The summed E-state index contributed by atoms with van der Waals surface area (Å²) in [5, 5.41) is 26.2. The molecule has 140 valence electrons. The SMILES string of the molecule is O=C(COc1ccc([N+](=O)[O-])cc1)Nc1cccc(-c2nn3cnnc3s2)c1. The number of nitro benzene ring substituents is 1. The molecule has 0 fully saturated rings. The summed E-state index contributed by atoms with van der Waals surface area (Å²) < 4.78 is 6.94. The summed E-state index contributed by atoms with van der Waals surface area (Å²) >= 11 is 1.39. The molecule has 0 radical (unpaired) electrons. The summed E-state index contributed by atoms with van der Waals surface area (Å²) in [7, 11) is 0. The van der Waals surface area contributed by atoms with Crippen molar-refractivity contribution in [3.63, 3.8) is 0 Å². The maximum atomic E-state index is 12.1. The molecule has 0 aliphatic rings. The second-order valence-corrected chi connectivity index (χ2v) is 6.59. The van der Waals surface area contributed by atoms with Gasteiger partial charge in [-0.05, 0) is 24.3 Å². The summed E-state index contributed by atoms with van der Waals surface area (Å²) in [6, 6.07) is 12.8. The van der Waals surface area contributed by atoms with E-state index >= 15 is 0 Å². The van der Waals surface area contributed by atoms with Crippen molar-refractivity contribution < 1.29 is 14.5 Å². The van der Waals surface area contributed by atoms with Crippen LogP contribution in [0.5, 0.6) is 5.75 Å². The molecular formula is C17H12N6O4S. The van der Waals surface area contributed by atoms with Gasteiger partial charge in [-0.1, -0.05) is 23.5 Å². The molecule has 11 heteroatoms. The summed E-state index contributed by atoms with van der Waals surface area (Å²) in [5.74, 6) is 0.0166. The zero-order valence-corrected chi connectivity index (χ0v) is 15.0. The zero-order valence-electron chi connectivity index (χ0n) is 14.2. The van der Waals surface area contributed by atoms with E-state index in [9.17, 15) is 14.9 Å². The topological polar surface area (TPSA) is 125 Å². The first-order valence-electron chi connectivity index (χ1n) is 8.03. The lowest BCUT2D eigenvalue weighted by atomic mass is 10.2. The van der Waals surface area contributed by atoms with E-state index in [4.69, 9.17) is 4.74 Å². The van der Waals surface area contributed by atoms with E-state index in [1.165, 1.54) is 41.9 Å². The fraction of sp³-hybridized carbons (Fsp3) is 0.0588. The number of benzene rings is 2. The maximum Gasteiger partial charge on any atom is 0.269 e. The van der Waals surface area contributed by atoms with E-state index in [2.05, 4.69) is 20.6 Å². The highest BCUT2D eigenvalue weighted by molar-refractivity contribution is 7.19. The molecule has 0 saturated carbocycles. The van der Waals surface area contributed by atoms with Crippen molar-refractivity contribution in [2.24, 2.45) is 0 Å². The quantitative estimate of drug-likeness (QED) is 0.392. The van der Waals surface area contributed by atoms with Gasteiger partial charge < -0.3 is 10.1 Å². The number of carbonyl (C=O) groups is 1. The lowest BCUT2D eigenvalue weighted by molar-refractivity contribution is -0.384. The van der Waals surface area contributed by atoms with Crippen molar-refractivity contribution >= 4 is 33.6 Å². The number of nitro groups is 1. The van der Waals surface area contributed by atoms with Crippen molar-refractivity contribution in [3.05, 3.63) is 65.0 Å². The van der Waals surface area contributed by atoms with E-state index in [1.807, 2.05) is 12.1 Å². The van der Waals surface area contributed by atoms with Gasteiger partial charge in [-0.3, -0.25) is 14.9 Å². The first-order valence-corrected chi connectivity index (χ1v) is 8.84. The molecule has 10 nitrogen and oxygen atoms in total. The van der Waals surface area contributed by atoms with Gasteiger partial charge in [-0.15, -0.1) is 10.2 Å². The third-order valence-electron chi connectivity index (χ3n) is 3.70. The Morgan fingerprint density at radius 3 is 2.82 bits per heavy atom. The molecule has 4 rings (SSSR count). The number of fused-ring (bicyclic) bond motifs is 1. The minimum Gasteiger partial charge on any atom is -0.484 e. The average Bonchev–Trinajstić information content (AvgIpc) is 3.29. The monoisotopic (exact) mass is 396 g/mol. The normalized spacial score (nSPS) is 10.7. The number of ether oxygens (including phenoxy) is 1. The predicted molar refractivity (Wildman–Crippen MR) is 101 cm³/mol. The molecule has 0 spiro atoms. The smallest absolute Gasteiger partial charge is 0.269 e. The fourth-order valence-corrected chi connectivity index (χ4v) is 3.23. The molecule has 1 amide bonds. The highest BCUT2D eigenvalue weighted by atomic mass is 32.1. The number of hydrogen-bond donors (Lipinski definition) is 1. The first kappa shape index (κ1) is 17.5. The van der Waals surface area contributed by atoms with Crippen LogP contribution in [0.1, 0.15) is 0 Å². The van der Waals surface area contributed by atoms with Gasteiger partial charge in [0.2, 0.25) is 4.96 Å². The Morgan fingerprint density at radius 1 is 1.25 bits per heavy atom. The van der Waals surface area contributed by atoms with Crippen LogP contribution in [-0.4, -0.2) is 37.2 Å². The van der Waals surface area contributed by atoms with Crippen LogP contribution in [0.3, 0.4) is 0 Å². The third-order valence-corrected chi connectivity index (χ3v) is 4.66. The van der Waals surface area contributed by atoms with Gasteiger partial charge in [0.25, 0.3) is 11.6 Å². The number of nitrogens with one attached hydrogen (secondary N) is 1. The molecule has 2 aromatic heterocycles. The van der Waals surface area contributed by atoms with Crippen LogP contribution in [0.2, 0.25) is 0 Å². The van der Waals surface area contributed by atoms with Crippen LogP contribution in [0.4, 0.5) is 11.4 Å². The van der Waals surface area contributed by atoms with Crippen LogP contribution in [0, 0.1) is 10.1 Å². The number of amides is 1. The first-order chi connectivity index (χ1) is 13.6. The molecular weight excluding hydrogens is 384 g/mol. The molecule has 0 aliphatic heterocycles. The lowest BCUT2D eigenvalue weighted by Crippen LogP contribution is -2.20. The number of nitrogens with zero attached hydrogens (tertiary/aromatic N) is 5. The van der Waals surface area contributed by atoms with Crippen LogP contribution in [-0.2, 0) is 4.79 Å². The lowest BCUT2D eigenvalue weighted by Gasteiger charge is -2.08. The molecule has 2 heterocycles. The van der Waals surface area contributed by atoms with Crippen molar-refractivity contribution in [1.82, 2.24) is 19.8 Å². The number of carbonyl (C=O) groups excluding carboxylic acids is 1. The Kier molecular flexibility index (Phi) is 4.64. The van der Waals surface area contributed by atoms with Crippen LogP contribution < -0.4 is 10.1 Å². The van der Waals surface area contributed by atoms with E-state index in [-0.39, 0.29) is 18.2 Å². The Bertz CT molecular complexity index is 1130. The average molecular weight is 396 g/mol. The molecule has 2 aromatic carbocycles. The molecule has 0 atom stereocenters. The highest BCUT2D eigenvalue weighted by Crippen LogP contribution is 2.26. The minimum absolute atomic E-state index is 0.0426. The van der Waals surface area contributed by atoms with Gasteiger partial charge in [0.1, 0.15) is 17.1 Å². The third kappa shape index (κ3) is 3.78. The largest absolute Gasteiger partial charge is 0.484 e. The summed E-state index contributed by atoms with van der Waals surface area (Å²) in [6.45, 7) is -0.223. The second kappa shape index (κ2) is 7.40. The molecule has 0 unspecified atom stereocenters. The summed E-state index contributed by atoms with van der Waals surface area (Å²) in [5.41, 5.74) is 1.39. The Labute approximate surface area is 161 Å². The van der Waals surface area contributed by atoms with Gasteiger partial charge in [0.15, 0.2) is 6.61 Å². The Morgan fingerprint density at radius 2 is 2.07 bits per heavy atom. The van der Waals surface area contributed by atoms with Crippen LogP contribution in [0.15, 0.2) is 54.9 Å². The van der Waals surface area contributed by atoms with Gasteiger partial charge >= 0.3 is 0 Å². The number of anilines is 1. The number of hydrogen-bond acceptors (Lipinski definition) is 8. The van der Waals surface area contributed by atoms with Crippen molar-refractivity contribution in [2.45, 2.75) is 0 Å². The number of rotatable bonds is 6. The van der Waals surface area contributed by atoms with Gasteiger partial charge in [0, 0.05) is 23.4 Å². The van der Waals surface area contributed by atoms with E-state index in [0.717, 1.165) is 10.6 Å². The van der Waals surface area contributed by atoms with E-state index in [1.54, 1.807) is 16.6 Å². The number of aromatic nitrogens is 4. The van der Waals surface area contributed by atoms with Crippen molar-refractivity contribution in [1.29, 1.82) is 0 Å². The predicted octanol–water partition coefficient (Wildman–Crippen LogP) is 2.78. The Balaban J connectivity index is 1.39. The van der Waals surface area contributed by atoms with Gasteiger partial charge in [-0.2, -0.15) is 9.61 Å². The van der Waals surface area contributed by atoms with Gasteiger partial charge in [-0.25, -0.2) is 0 Å². The fourth-order valence-electron chi connectivity index (χ4n) is 2.42. The molecule has 0 bridgehead atoms. The molecule has 0 aliphatic carbocycles. The Hall–Kier alpha value is -3.86.